The first-order valence-corrected chi connectivity index (χ1v) is 9.25. The third kappa shape index (κ3) is 3.80. The van der Waals surface area contributed by atoms with Gasteiger partial charge in [-0.15, -0.1) is 0 Å². The Bertz CT molecular complexity index is 1070. The van der Waals surface area contributed by atoms with Crippen molar-refractivity contribution in [1.82, 2.24) is 9.78 Å². The standard InChI is InChI=1S/C19H13BrF3N3O3/c20-13-8-15-16(29-7-6-28-15)9-14(13)25-18(27)12-10-24-26(17(12)19(21,22)23)11-4-2-1-3-5-11/h1-5,8-10H,6-7H2,(H,25,27). The van der Waals surface area contributed by atoms with E-state index in [4.69, 9.17) is 9.47 Å². The van der Waals surface area contributed by atoms with Crippen LogP contribution in [0.4, 0.5) is 18.9 Å². The van der Waals surface area contributed by atoms with Crippen molar-refractivity contribution in [3.63, 3.8) is 0 Å². The highest BCUT2D eigenvalue weighted by atomic mass is 79.9. The van der Waals surface area contributed by atoms with Gasteiger partial charge in [-0.1, -0.05) is 18.2 Å². The lowest BCUT2D eigenvalue weighted by Gasteiger charge is -2.20. The largest absolute Gasteiger partial charge is 0.486 e. The molecule has 29 heavy (non-hydrogen) atoms. The topological polar surface area (TPSA) is 65.4 Å². The number of halogens is 4. The van der Waals surface area contributed by atoms with Crippen LogP contribution < -0.4 is 14.8 Å². The van der Waals surface area contributed by atoms with E-state index in [0.717, 1.165) is 6.20 Å². The monoisotopic (exact) mass is 467 g/mol. The summed E-state index contributed by atoms with van der Waals surface area (Å²) in [4.78, 5) is 12.7. The first kappa shape index (κ1) is 19.3. The van der Waals surface area contributed by atoms with Crippen LogP contribution in [0, 0.1) is 0 Å². The van der Waals surface area contributed by atoms with E-state index in [2.05, 4.69) is 26.3 Å². The Morgan fingerprint density at radius 3 is 2.41 bits per heavy atom. The number of benzene rings is 2. The van der Waals surface area contributed by atoms with Gasteiger partial charge in [-0.05, 0) is 28.1 Å². The lowest BCUT2D eigenvalue weighted by Crippen LogP contribution is -2.21. The zero-order valence-corrected chi connectivity index (χ0v) is 16.3. The van der Waals surface area contributed by atoms with Crippen molar-refractivity contribution < 1.29 is 27.4 Å². The molecule has 0 atom stereocenters. The molecule has 2 heterocycles. The number of carbonyl (C=O) groups is 1. The smallest absolute Gasteiger partial charge is 0.434 e. The molecule has 0 saturated heterocycles. The molecule has 1 amide bonds. The van der Waals surface area contributed by atoms with Gasteiger partial charge in [0.15, 0.2) is 17.2 Å². The highest BCUT2D eigenvalue weighted by Gasteiger charge is 2.40. The van der Waals surface area contributed by atoms with Gasteiger partial charge in [0.2, 0.25) is 0 Å². The molecule has 1 aromatic heterocycles. The number of anilines is 1. The summed E-state index contributed by atoms with van der Waals surface area (Å²) in [5.41, 5.74) is -1.31. The Morgan fingerprint density at radius 1 is 1.10 bits per heavy atom. The molecule has 3 aromatic rings. The number of amides is 1. The highest BCUT2D eigenvalue weighted by Crippen LogP contribution is 2.39. The molecule has 0 bridgehead atoms. The average molecular weight is 468 g/mol. The minimum Gasteiger partial charge on any atom is -0.486 e. The molecule has 0 unspecified atom stereocenters. The van der Waals surface area contributed by atoms with Crippen LogP contribution in [0.2, 0.25) is 0 Å². The molecule has 4 rings (SSSR count). The molecule has 0 aliphatic carbocycles. The van der Waals surface area contributed by atoms with E-state index >= 15 is 0 Å². The number of nitrogens with zero attached hydrogens (tertiary/aromatic N) is 2. The van der Waals surface area contributed by atoms with Crippen LogP contribution in [-0.4, -0.2) is 28.9 Å². The van der Waals surface area contributed by atoms with E-state index in [-0.39, 0.29) is 11.4 Å². The van der Waals surface area contributed by atoms with E-state index in [9.17, 15) is 18.0 Å². The van der Waals surface area contributed by atoms with Gasteiger partial charge < -0.3 is 14.8 Å². The molecule has 0 fully saturated rings. The molecule has 10 heteroatoms. The summed E-state index contributed by atoms with van der Waals surface area (Å²) in [5.74, 6) is -0.0725. The fourth-order valence-electron chi connectivity index (χ4n) is 2.90. The van der Waals surface area contributed by atoms with Crippen molar-refractivity contribution in [2.45, 2.75) is 6.18 Å². The number of hydrogen-bond donors (Lipinski definition) is 1. The summed E-state index contributed by atoms with van der Waals surface area (Å²) < 4.78 is 53.3. The maximum Gasteiger partial charge on any atom is 0.434 e. The van der Waals surface area contributed by atoms with Gasteiger partial charge in [-0.3, -0.25) is 4.79 Å². The maximum absolute atomic E-state index is 13.7. The molecule has 1 aliphatic rings. The summed E-state index contributed by atoms with van der Waals surface area (Å²) in [6, 6.07) is 10.9. The maximum atomic E-state index is 13.7. The number of rotatable bonds is 3. The number of carbonyl (C=O) groups excluding carboxylic acids is 1. The zero-order valence-electron chi connectivity index (χ0n) is 14.7. The second kappa shape index (κ2) is 7.43. The molecule has 1 aliphatic heterocycles. The molecule has 6 nitrogen and oxygen atoms in total. The molecule has 2 aromatic carbocycles. The normalized spacial score (nSPS) is 13.2. The molecule has 0 spiro atoms. The Morgan fingerprint density at radius 2 is 1.76 bits per heavy atom. The predicted molar refractivity (Wildman–Crippen MR) is 102 cm³/mol. The summed E-state index contributed by atoms with van der Waals surface area (Å²) in [7, 11) is 0. The van der Waals surface area contributed by atoms with Gasteiger partial charge in [0.25, 0.3) is 5.91 Å². The van der Waals surface area contributed by atoms with E-state index in [1.165, 1.54) is 18.2 Å². The van der Waals surface area contributed by atoms with E-state index in [0.29, 0.717) is 33.9 Å². The second-order valence-corrected chi connectivity index (χ2v) is 6.94. The van der Waals surface area contributed by atoms with Crippen LogP contribution in [0.3, 0.4) is 0 Å². The number of aromatic nitrogens is 2. The van der Waals surface area contributed by atoms with Gasteiger partial charge in [-0.2, -0.15) is 18.3 Å². The highest BCUT2D eigenvalue weighted by molar-refractivity contribution is 9.10. The number of ether oxygens (including phenoxy) is 2. The summed E-state index contributed by atoms with van der Waals surface area (Å²) in [6.45, 7) is 0.725. The molecule has 0 saturated carbocycles. The first-order valence-electron chi connectivity index (χ1n) is 8.46. The van der Waals surface area contributed by atoms with Crippen molar-refractivity contribution in [2.24, 2.45) is 0 Å². The molecule has 0 radical (unpaired) electrons. The molecule has 150 valence electrons. The number of hydrogen-bond acceptors (Lipinski definition) is 4. The third-order valence-corrected chi connectivity index (χ3v) is 4.82. The van der Waals surface area contributed by atoms with Crippen LogP contribution in [0.15, 0.2) is 53.1 Å². The van der Waals surface area contributed by atoms with E-state index < -0.39 is 23.3 Å². The van der Waals surface area contributed by atoms with Gasteiger partial charge >= 0.3 is 6.18 Å². The van der Waals surface area contributed by atoms with Gasteiger partial charge in [0, 0.05) is 16.6 Å². The molecule has 1 N–H and O–H groups in total. The Balaban J connectivity index is 1.70. The van der Waals surface area contributed by atoms with Gasteiger partial charge in [0.1, 0.15) is 13.2 Å². The number of para-hydroxylation sites is 1. The summed E-state index contributed by atoms with van der Waals surface area (Å²) in [5, 5.41) is 6.27. The minimum absolute atomic E-state index is 0.194. The van der Waals surface area contributed by atoms with Crippen molar-refractivity contribution in [3.8, 4) is 17.2 Å². The van der Waals surface area contributed by atoms with Crippen LogP contribution >= 0.6 is 15.9 Å². The Kier molecular flexibility index (Phi) is 4.95. The van der Waals surface area contributed by atoms with Crippen molar-refractivity contribution >= 4 is 27.5 Å². The Labute approximate surface area is 171 Å². The number of nitrogens with one attached hydrogen (secondary N) is 1. The zero-order chi connectivity index (χ0) is 20.6. The summed E-state index contributed by atoms with van der Waals surface area (Å²) in [6.07, 6.45) is -3.89. The van der Waals surface area contributed by atoms with Gasteiger partial charge in [-0.25, -0.2) is 4.68 Å². The quantitative estimate of drug-likeness (QED) is 0.607. The molecular weight excluding hydrogens is 455 g/mol. The fourth-order valence-corrected chi connectivity index (χ4v) is 3.32. The Hall–Kier alpha value is -3.01. The second-order valence-electron chi connectivity index (χ2n) is 6.08. The fraction of sp³-hybridized carbons (Fsp3) is 0.158. The first-order chi connectivity index (χ1) is 13.8. The third-order valence-electron chi connectivity index (χ3n) is 4.16. The average Bonchev–Trinajstić information content (AvgIpc) is 3.15. The van der Waals surface area contributed by atoms with Crippen LogP contribution in [-0.2, 0) is 6.18 Å². The van der Waals surface area contributed by atoms with Crippen LogP contribution in [0.1, 0.15) is 16.1 Å². The predicted octanol–water partition coefficient (Wildman–Crippen LogP) is 4.68. The van der Waals surface area contributed by atoms with Gasteiger partial charge in [0.05, 0.1) is 23.1 Å². The SMILES string of the molecule is O=C(Nc1cc2c(cc1Br)OCCO2)c1cnn(-c2ccccc2)c1C(F)(F)F. The number of alkyl halides is 3. The minimum atomic E-state index is -4.79. The van der Waals surface area contributed by atoms with Crippen LogP contribution in [0.25, 0.3) is 5.69 Å². The van der Waals surface area contributed by atoms with E-state index in [1.54, 1.807) is 24.3 Å². The lowest BCUT2D eigenvalue weighted by atomic mass is 10.2. The van der Waals surface area contributed by atoms with E-state index in [1.807, 2.05) is 0 Å². The number of fused-ring (bicyclic) bond motifs is 1. The van der Waals surface area contributed by atoms with Crippen molar-refractivity contribution in [1.29, 1.82) is 0 Å². The molecular formula is C19H13BrF3N3O3. The van der Waals surface area contributed by atoms with Crippen molar-refractivity contribution in [2.75, 3.05) is 18.5 Å². The van der Waals surface area contributed by atoms with Crippen LogP contribution in [0.5, 0.6) is 11.5 Å². The lowest BCUT2D eigenvalue weighted by molar-refractivity contribution is -0.143. The van der Waals surface area contributed by atoms with Crippen molar-refractivity contribution in [3.05, 3.63) is 64.4 Å². The summed E-state index contributed by atoms with van der Waals surface area (Å²) >= 11 is 3.28.